The molecule has 0 aliphatic carbocycles. The molecule has 1 unspecified atom stereocenters. The molecule has 0 amide bonds. The molecule has 19 heavy (non-hydrogen) atoms. The van der Waals surface area contributed by atoms with E-state index in [1.165, 1.54) is 21.4 Å². The number of thiophene rings is 1. The lowest BCUT2D eigenvalue weighted by atomic mass is 10.1. The minimum Gasteiger partial charge on any atom is -0.363 e. The molecular formula is C14H19N3OS. The lowest BCUT2D eigenvalue weighted by Gasteiger charge is -2.14. The molecular weight excluding hydrogens is 258 g/mol. The molecule has 2 aromatic rings. The van der Waals surface area contributed by atoms with Crippen LogP contribution in [0.1, 0.15) is 41.0 Å². The molecule has 102 valence electrons. The van der Waals surface area contributed by atoms with E-state index in [1.54, 1.807) is 11.3 Å². The van der Waals surface area contributed by atoms with Crippen LogP contribution in [0.4, 0.5) is 5.82 Å². The fourth-order valence-corrected chi connectivity index (χ4v) is 3.15. The number of aromatic nitrogens is 2. The average Bonchev–Trinajstić information content (AvgIpc) is 2.67. The summed E-state index contributed by atoms with van der Waals surface area (Å²) < 4.78 is 0. The molecule has 4 nitrogen and oxygen atoms in total. The van der Waals surface area contributed by atoms with Gasteiger partial charge in [-0.05, 0) is 32.4 Å². The van der Waals surface area contributed by atoms with Crippen molar-refractivity contribution < 1.29 is 0 Å². The number of aryl methyl sites for hydroxylation is 3. The van der Waals surface area contributed by atoms with Crippen LogP contribution in [0.5, 0.6) is 0 Å². The van der Waals surface area contributed by atoms with Crippen LogP contribution in [-0.4, -0.2) is 9.97 Å². The van der Waals surface area contributed by atoms with Crippen LogP contribution >= 0.6 is 11.3 Å². The van der Waals surface area contributed by atoms with E-state index in [9.17, 15) is 4.79 Å². The summed E-state index contributed by atoms with van der Waals surface area (Å²) in [4.78, 5) is 21.2. The Bertz CT molecular complexity index is 630. The fourth-order valence-electron chi connectivity index (χ4n) is 2.13. The maximum Gasteiger partial charge on any atom is 0.252 e. The van der Waals surface area contributed by atoms with Crippen LogP contribution < -0.4 is 10.9 Å². The van der Waals surface area contributed by atoms with Gasteiger partial charge < -0.3 is 10.3 Å². The zero-order chi connectivity index (χ0) is 14.0. The van der Waals surface area contributed by atoms with E-state index in [0.717, 1.165) is 6.42 Å². The van der Waals surface area contributed by atoms with Crippen molar-refractivity contribution in [1.29, 1.82) is 0 Å². The van der Waals surface area contributed by atoms with Crippen molar-refractivity contribution in [2.24, 2.45) is 0 Å². The van der Waals surface area contributed by atoms with E-state index >= 15 is 0 Å². The number of H-pyrrole nitrogens is 1. The molecule has 1 atom stereocenters. The molecule has 0 radical (unpaired) electrons. The molecule has 0 spiro atoms. The fraction of sp³-hybridized carbons (Fsp3) is 0.429. The van der Waals surface area contributed by atoms with E-state index in [-0.39, 0.29) is 11.6 Å². The van der Waals surface area contributed by atoms with E-state index in [0.29, 0.717) is 11.6 Å². The summed E-state index contributed by atoms with van der Waals surface area (Å²) in [6.07, 6.45) is 0.718. The number of rotatable bonds is 4. The second-order valence-corrected chi connectivity index (χ2v) is 6.13. The average molecular weight is 277 g/mol. The third-order valence-corrected chi connectivity index (χ3v) is 4.02. The van der Waals surface area contributed by atoms with Crippen molar-refractivity contribution in [3.8, 4) is 0 Å². The highest BCUT2D eigenvalue weighted by Crippen LogP contribution is 2.27. The zero-order valence-electron chi connectivity index (χ0n) is 11.7. The number of nitrogens with zero attached hydrogens (tertiary/aromatic N) is 1. The number of nitrogens with one attached hydrogen (secondary N) is 2. The largest absolute Gasteiger partial charge is 0.363 e. The lowest BCUT2D eigenvalue weighted by Crippen LogP contribution is -2.15. The number of hydrogen-bond donors (Lipinski definition) is 2. The molecule has 2 rings (SSSR count). The standard InChI is InChI=1S/C14H19N3OS/c1-5-12-16-13(7-14(18)17-12)15-9(3)11-6-8(2)19-10(11)4/h6-7,9H,5H2,1-4H3,(H2,15,16,17,18). The van der Waals surface area contributed by atoms with Crippen molar-refractivity contribution >= 4 is 17.2 Å². The molecule has 0 saturated carbocycles. The monoisotopic (exact) mass is 277 g/mol. The number of anilines is 1. The summed E-state index contributed by atoms with van der Waals surface area (Å²) in [6.45, 7) is 8.28. The van der Waals surface area contributed by atoms with Crippen LogP contribution in [0.25, 0.3) is 0 Å². The molecule has 5 heteroatoms. The Kier molecular flexibility index (Phi) is 4.04. The van der Waals surface area contributed by atoms with Crippen LogP contribution in [0, 0.1) is 13.8 Å². The minimum atomic E-state index is -0.111. The first kappa shape index (κ1) is 13.8. The maximum absolute atomic E-state index is 11.5. The Morgan fingerprint density at radius 2 is 2.16 bits per heavy atom. The highest BCUT2D eigenvalue weighted by Gasteiger charge is 2.12. The van der Waals surface area contributed by atoms with Crippen molar-refractivity contribution in [2.45, 2.75) is 40.2 Å². The summed E-state index contributed by atoms with van der Waals surface area (Å²) in [5, 5.41) is 3.30. The summed E-state index contributed by atoms with van der Waals surface area (Å²) in [5.74, 6) is 1.34. The Morgan fingerprint density at radius 3 is 2.74 bits per heavy atom. The van der Waals surface area contributed by atoms with Gasteiger partial charge in [-0.1, -0.05) is 6.92 Å². The quantitative estimate of drug-likeness (QED) is 0.902. The summed E-state index contributed by atoms with van der Waals surface area (Å²) in [5.41, 5.74) is 1.16. The smallest absolute Gasteiger partial charge is 0.252 e. The Morgan fingerprint density at radius 1 is 1.42 bits per heavy atom. The second-order valence-electron chi connectivity index (χ2n) is 4.67. The van der Waals surface area contributed by atoms with Gasteiger partial charge in [0.1, 0.15) is 11.6 Å². The summed E-state index contributed by atoms with van der Waals surface area (Å²) in [7, 11) is 0. The highest BCUT2D eigenvalue weighted by atomic mass is 32.1. The van der Waals surface area contributed by atoms with Gasteiger partial charge in [0.25, 0.3) is 5.56 Å². The van der Waals surface area contributed by atoms with Gasteiger partial charge in [-0.25, -0.2) is 4.98 Å². The molecule has 0 saturated heterocycles. The predicted molar refractivity (Wildman–Crippen MR) is 80.1 cm³/mol. The first-order chi connectivity index (χ1) is 8.99. The normalized spacial score (nSPS) is 12.4. The van der Waals surface area contributed by atoms with Crippen molar-refractivity contribution in [1.82, 2.24) is 9.97 Å². The van der Waals surface area contributed by atoms with Crippen molar-refractivity contribution in [3.05, 3.63) is 43.6 Å². The predicted octanol–water partition coefficient (Wildman–Crippen LogP) is 3.18. The SMILES string of the molecule is CCc1nc(NC(C)c2cc(C)sc2C)cc(=O)[nH]1. The summed E-state index contributed by atoms with van der Waals surface area (Å²) >= 11 is 1.79. The van der Waals surface area contributed by atoms with E-state index in [4.69, 9.17) is 0 Å². The topological polar surface area (TPSA) is 57.8 Å². The third-order valence-electron chi connectivity index (χ3n) is 3.04. The first-order valence-electron chi connectivity index (χ1n) is 6.43. The lowest BCUT2D eigenvalue weighted by molar-refractivity contribution is 0.849. The number of hydrogen-bond acceptors (Lipinski definition) is 4. The molecule has 0 bridgehead atoms. The van der Waals surface area contributed by atoms with Crippen molar-refractivity contribution in [3.63, 3.8) is 0 Å². The molecule has 2 aromatic heterocycles. The Hall–Kier alpha value is -1.62. The molecule has 0 aromatic carbocycles. The van der Waals surface area contributed by atoms with Crippen LogP contribution in [-0.2, 0) is 6.42 Å². The van der Waals surface area contributed by atoms with E-state index < -0.39 is 0 Å². The Balaban J connectivity index is 2.23. The first-order valence-corrected chi connectivity index (χ1v) is 7.25. The van der Waals surface area contributed by atoms with Crippen molar-refractivity contribution in [2.75, 3.05) is 5.32 Å². The van der Waals surface area contributed by atoms with Crippen LogP contribution in [0.3, 0.4) is 0 Å². The highest BCUT2D eigenvalue weighted by molar-refractivity contribution is 7.12. The van der Waals surface area contributed by atoms with Gasteiger partial charge in [0.05, 0.1) is 6.04 Å². The minimum absolute atomic E-state index is 0.111. The van der Waals surface area contributed by atoms with Crippen LogP contribution in [0.15, 0.2) is 16.9 Å². The van der Waals surface area contributed by atoms with E-state index in [1.807, 2.05) is 6.92 Å². The maximum atomic E-state index is 11.5. The molecule has 2 N–H and O–H groups in total. The van der Waals surface area contributed by atoms with Gasteiger partial charge in [-0.2, -0.15) is 0 Å². The van der Waals surface area contributed by atoms with Gasteiger partial charge >= 0.3 is 0 Å². The number of aromatic amines is 1. The third kappa shape index (κ3) is 3.23. The molecule has 0 fully saturated rings. The van der Waals surface area contributed by atoms with Gasteiger partial charge in [-0.15, -0.1) is 11.3 Å². The molecule has 0 aliphatic heterocycles. The zero-order valence-corrected chi connectivity index (χ0v) is 12.5. The summed E-state index contributed by atoms with van der Waals surface area (Å²) in [6, 6.07) is 3.83. The van der Waals surface area contributed by atoms with Gasteiger partial charge in [-0.3, -0.25) is 4.79 Å². The molecule has 0 aliphatic rings. The van der Waals surface area contributed by atoms with E-state index in [2.05, 4.69) is 42.1 Å². The van der Waals surface area contributed by atoms with Gasteiger partial charge in [0, 0.05) is 22.2 Å². The van der Waals surface area contributed by atoms with Crippen LogP contribution in [0.2, 0.25) is 0 Å². The second kappa shape index (κ2) is 5.57. The van der Waals surface area contributed by atoms with Gasteiger partial charge in [0.15, 0.2) is 0 Å². The van der Waals surface area contributed by atoms with Gasteiger partial charge in [0.2, 0.25) is 0 Å². The Labute approximate surface area is 116 Å². The molecule has 2 heterocycles.